The highest BCUT2D eigenvalue weighted by atomic mass is 32.2. The number of hydrogen-bond donors (Lipinski definition) is 1. The van der Waals surface area contributed by atoms with Gasteiger partial charge in [-0.1, -0.05) is 48.2 Å². The van der Waals surface area contributed by atoms with Crippen molar-refractivity contribution in [3.8, 4) is 11.4 Å². The quantitative estimate of drug-likeness (QED) is 0.485. The maximum absolute atomic E-state index is 12.3. The first-order valence-electron chi connectivity index (χ1n) is 8.93. The number of benzene rings is 1. The Hall–Kier alpha value is -3.20. The third-order valence-electron chi connectivity index (χ3n) is 4.23. The lowest BCUT2D eigenvalue weighted by molar-refractivity contribution is -0.118. The van der Waals surface area contributed by atoms with Gasteiger partial charge in [0, 0.05) is 18.3 Å². The summed E-state index contributed by atoms with van der Waals surface area (Å²) < 4.78 is 3.87. The molecular formula is C19H19N7OS. The molecule has 3 aromatic heterocycles. The summed E-state index contributed by atoms with van der Waals surface area (Å²) >= 11 is 1.37. The van der Waals surface area contributed by atoms with Crippen molar-refractivity contribution in [3.05, 3.63) is 60.6 Å². The first-order valence-corrected chi connectivity index (χ1v) is 9.91. The maximum Gasteiger partial charge on any atom is 0.230 e. The average Bonchev–Trinajstić information content (AvgIpc) is 3.35. The molecule has 0 saturated carbocycles. The number of rotatable bonds is 7. The molecule has 0 radical (unpaired) electrons. The molecule has 1 amide bonds. The molecule has 0 aliphatic rings. The molecule has 142 valence electrons. The molecule has 0 saturated heterocycles. The van der Waals surface area contributed by atoms with E-state index in [4.69, 9.17) is 0 Å². The van der Waals surface area contributed by atoms with Crippen LogP contribution in [0.2, 0.25) is 0 Å². The number of fused-ring (bicyclic) bond motifs is 1. The number of carbonyl (C=O) groups is 1. The fourth-order valence-electron chi connectivity index (χ4n) is 2.85. The molecule has 1 aromatic carbocycles. The van der Waals surface area contributed by atoms with Crippen LogP contribution < -0.4 is 5.32 Å². The molecule has 0 unspecified atom stereocenters. The lowest BCUT2D eigenvalue weighted by atomic mass is 10.2. The number of carbonyl (C=O) groups excluding carboxylic acids is 1. The summed E-state index contributed by atoms with van der Waals surface area (Å²) in [6.45, 7) is 3.09. The minimum absolute atomic E-state index is 0.0930. The van der Waals surface area contributed by atoms with E-state index in [-0.39, 0.29) is 11.7 Å². The third-order valence-corrected chi connectivity index (χ3v) is 5.19. The van der Waals surface area contributed by atoms with Crippen LogP contribution >= 0.6 is 11.8 Å². The topological polar surface area (TPSA) is 90.0 Å². The van der Waals surface area contributed by atoms with Crippen LogP contribution in [0.15, 0.2) is 59.9 Å². The monoisotopic (exact) mass is 393 g/mol. The lowest BCUT2D eigenvalue weighted by Gasteiger charge is -2.07. The average molecular weight is 393 g/mol. The van der Waals surface area contributed by atoms with Gasteiger partial charge in [-0.2, -0.15) is 0 Å². The molecule has 0 atom stereocenters. The lowest BCUT2D eigenvalue weighted by Crippen LogP contribution is -2.25. The zero-order chi connectivity index (χ0) is 19.3. The van der Waals surface area contributed by atoms with Gasteiger partial charge in [-0.15, -0.1) is 20.4 Å². The van der Waals surface area contributed by atoms with Crippen molar-refractivity contribution in [1.82, 2.24) is 34.7 Å². The summed E-state index contributed by atoms with van der Waals surface area (Å²) in [7, 11) is 0. The zero-order valence-corrected chi connectivity index (χ0v) is 16.1. The Kier molecular flexibility index (Phi) is 5.34. The summed E-state index contributed by atoms with van der Waals surface area (Å²) in [5.74, 6) is 1.66. The maximum atomic E-state index is 12.3. The molecule has 1 N–H and O–H groups in total. The van der Waals surface area contributed by atoms with E-state index in [2.05, 4.69) is 25.7 Å². The Morgan fingerprint density at radius 1 is 1.04 bits per heavy atom. The van der Waals surface area contributed by atoms with Gasteiger partial charge in [0.05, 0.1) is 12.3 Å². The number of thioether (sulfide) groups is 1. The summed E-state index contributed by atoms with van der Waals surface area (Å²) in [6, 6.07) is 15.6. The number of hydrogen-bond acceptors (Lipinski definition) is 6. The summed E-state index contributed by atoms with van der Waals surface area (Å²) in [6.07, 6.45) is 1.88. The van der Waals surface area contributed by atoms with Gasteiger partial charge in [-0.3, -0.25) is 9.20 Å². The van der Waals surface area contributed by atoms with E-state index in [1.165, 1.54) is 11.8 Å². The second-order valence-corrected chi connectivity index (χ2v) is 6.97. The molecule has 4 rings (SSSR count). The minimum Gasteiger partial charge on any atom is -0.348 e. The van der Waals surface area contributed by atoms with E-state index in [0.29, 0.717) is 12.4 Å². The minimum atomic E-state index is -0.0930. The van der Waals surface area contributed by atoms with Crippen molar-refractivity contribution in [2.75, 3.05) is 5.75 Å². The van der Waals surface area contributed by atoms with E-state index in [0.717, 1.165) is 28.7 Å². The van der Waals surface area contributed by atoms with Crippen LogP contribution in [-0.2, 0) is 17.9 Å². The van der Waals surface area contributed by atoms with Crippen molar-refractivity contribution < 1.29 is 4.79 Å². The number of aromatic nitrogens is 6. The Bertz CT molecular complexity index is 1090. The third kappa shape index (κ3) is 3.74. The Morgan fingerprint density at radius 2 is 1.86 bits per heavy atom. The number of nitrogens with zero attached hydrogens (tertiary/aromatic N) is 6. The summed E-state index contributed by atoms with van der Waals surface area (Å²) in [4.78, 5) is 12.3. The van der Waals surface area contributed by atoms with Gasteiger partial charge >= 0.3 is 0 Å². The van der Waals surface area contributed by atoms with Crippen LogP contribution in [0.4, 0.5) is 0 Å². The smallest absolute Gasteiger partial charge is 0.230 e. The second-order valence-electron chi connectivity index (χ2n) is 6.03. The SMILES string of the molecule is CCn1c(SCC(=O)NCc2nnc3ccccn23)nnc1-c1ccccc1. The normalized spacial score (nSPS) is 11.0. The molecule has 4 aromatic rings. The molecular weight excluding hydrogens is 374 g/mol. The number of amides is 1. The van der Waals surface area contributed by atoms with E-state index >= 15 is 0 Å². The Morgan fingerprint density at radius 3 is 2.68 bits per heavy atom. The highest BCUT2D eigenvalue weighted by Gasteiger charge is 2.14. The predicted molar refractivity (Wildman–Crippen MR) is 107 cm³/mol. The number of pyridine rings is 1. The Labute approximate surface area is 166 Å². The van der Waals surface area contributed by atoms with Crippen LogP contribution in [0, 0.1) is 0 Å². The molecule has 8 nitrogen and oxygen atoms in total. The van der Waals surface area contributed by atoms with Gasteiger partial charge in [0.25, 0.3) is 0 Å². The fourth-order valence-corrected chi connectivity index (χ4v) is 3.68. The first kappa shape index (κ1) is 18.2. The van der Waals surface area contributed by atoms with Gasteiger partial charge in [0.1, 0.15) is 0 Å². The summed E-state index contributed by atoms with van der Waals surface area (Å²) in [5.41, 5.74) is 1.76. The van der Waals surface area contributed by atoms with Crippen LogP contribution in [-0.4, -0.2) is 41.0 Å². The van der Waals surface area contributed by atoms with Crippen molar-refractivity contribution in [2.24, 2.45) is 0 Å². The van der Waals surface area contributed by atoms with E-state index in [9.17, 15) is 4.79 Å². The van der Waals surface area contributed by atoms with Crippen LogP contribution in [0.5, 0.6) is 0 Å². The molecule has 9 heteroatoms. The molecule has 0 bridgehead atoms. The Balaban J connectivity index is 1.38. The van der Waals surface area contributed by atoms with Crippen molar-refractivity contribution >= 4 is 23.3 Å². The van der Waals surface area contributed by atoms with Crippen molar-refractivity contribution in [2.45, 2.75) is 25.2 Å². The zero-order valence-electron chi connectivity index (χ0n) is 15.3. The molecule has 3 heterocycles. The highest BCUT2D eigenvalue weighted by Crippen LogP contribution is 2.23. The number of nitrogens with one attached hydrogen (secondary N) is 1. The molecule has 0 spiro atoms. The molecule has 0 aliphatic heterocycles. The van der Waals surface area contributed by atoms with Gasteiger partial charge in [-0.05, 0) is 19.1 Å². The fraction of sp³-hybridized carbons (Fsp3) is 0.211. The molecule has 0 aliphatic carbocycles. The van der Waals surface area contributed by atoms with Crippen LogP contribution in [0.1, 0.15) is 12.7 Å². The second kappa shape index (κ2) is 8.22. The van der Waals surface area contributed by atoms with Crippen LogP contribution in [0.3, 0.4) is 0 Å². The highest BCUT2D eigenvalue weighted by molar-refractivity contribution is 7.99. The molecule has 28 heavy (non-hydrogen) atoms. The van der Waals surface area contributed by atoms with E-state index in [1.807, 2.05) is 70.6 Å². The van der Waals surface area contributed by atoms with Gasteiger partial charge in [-0.25, -0.2) is 0 Å². The molecule has 0 fully saturated rings. The first-order chi connectivity index (χ1) is 13.8. The van der Waals surface area contributed by atoms with Crippen molar-refractivity contribution in [3.63, 3.8) is 0 Å². The summed E-state index contributed by atoms with van der Waals surface area (Å²) in [5, 5.41) is 20.4. The predicted octanol–water partition coefficient (Wildman–Crippen LogP) is 2.42. The van der Waals surface area contributed by atoms with Gasteiger partial charge < -0.3 is 9.88 Å². The van der Waals surface area contributed by atoms with Gasteiger partial charge in [0.15, 0.2) is 22.5 Å². The van der Waals surface area contributed by atoms with Gasteiger partial charge in [0.2, 0.25) is 5.91 Å². The van der Waals surface area contributed by atoms with Crippen molar-refractivity contribution in [1.29, 1.82) is 0 Å². The largest absolute Gasteiger partial charge is 0.348 e. The van der Waals surface area contributed by atoms with E-state index in [1.54, 1.807) is 0 Å². The standard InChI is InChI=1S/C19H19N7OS/c1-2-25-18(14-8-4-3-5-9-14)23-24-19(25)28-13-17(27)20-12-16-22-21-15-10-6-7-11-26(15)16/h3-11H,2,12-13H2,1H3,(H,20,27). The van der Waals surface area contributed by atoms with Crippen LogP contribution in [0.25, 0.3) is 17.0 Å². The van der Waals surface area contributed by atoms with E-state index < -0.39 is 0 Å².